The molecule has 0 aromatic carbocycles. The zero-order chi connectivity index (χ0) is 6.00. The first-order valence-corrected chi connectivity index (χ1v) is 1.18. The molecule has 0 bridgehead atoms. The van der Waals surface area contributed by atoms with E-state index in [-0.39, 0.29) is 158 Å². The van der Waals surface area contributed by atoms with Crippen LogP contribution in [-0.4, -0.2) is 5.48 Å². The summed E-state index contributed by atoms with van der Waals surface area (Å²) in [5, 5.41) is 0. The van der Waals surface area contributed by atoms with E-state index >= 15 is 0 Å². The molecule has 5 nitrogen and oxygen atoms in total. The molecule has 0 atom stereocenters. The molecule has 0 rings (SSSR count). The second-order valence-corrected chi connectivity index (χ2v) is 0. The Morgan fingerprint density at radius 1 is 0.409 bits per heavy atom. The van der Waals surface area contributed by atoms with Crippen molar-refractivity contribution in [3.05, 3.63) is 9.93 Å². The van der Waals surface area contributed by atoms with Gasteiger partial charge in [0, 0.05) is 45.5 Å². The van der Waals surface area contributed by atoms with E-state index in [0.29, 0.717) is 0 Å². The van der Waals surface area contributed by atoms with E-state index < -0.39 is 0 Å². The average molecular weight is 628 g/mol. The molecule has 0 fully saturated rings. The van der Waals surface area contributed by atoms with Crippen LogP contribution in [0.1, 0.15) is 68.3 Å². The molecule has 0 aliphatic rings. The Labute approximate surface area is 205 Å². The second-order valence-electron chi connectivity index (χ2n) is 0. The van der Waals surface area contributed by atoms with Crippen molar-refractivity contribution in [2.75, 3.05) is 0 Å². The minimum absolute atomic E-state index is 0. The van der Waals surface area contributed by atoms with Crippen LogP contribution in [0.3, 0.4) is 0 Å². The van der Waals surface area contributed by atoms with Crippen molar-refractivity contribution in [1.29, 1.82) is 0 Å². The first-order valence-electron chi connectivity index (χ1n) is 0.413. The first-order chi connectivity index (χ1) is 3.00. The van der Waals surface area contributed by atoms with Crippen molar-refractivity contribution in [2.45, 2.75) is 66.8 Å². The van der Waals surface area contributed by atoms with Crippen LogP contribution in [0, 0.1) is 9.93 Å². The topological polar surface area (TPSA) is 99.8 Å². The van der Waals surface area contributed by atoms with Gasteiger partial charge in [-0.15, -0.1) is 49.6 Å². The third kappa shape index (κ3) is 1780. The van der Waals surface area contributed by atoms with E-state index in [2.05, 4.69) is 31.9 Å². The molecular weight excluding hydrogens is 584 g/mol. The van der Waals surface area contributed by atoms with Gasteiger partial charge in [0.15, 0.2) is 0 Å². The van der Waals surface area contributed by atoms with Crippen molar-refractivity contribution >= 4 is 49.6 Å². The van der Waals surface area contributed by atoms with Gasteiger partial charge >= 0.3 is 39.6 Å². The van der Waals surface area contributed by atoms with Crippen LogP contribution in [0.5, 0.6) is 0 Å². The summed E-state index contributed by atoms with van der Waals surface area (Å²) in [5.74, 6) is 0. The molecule has 0 heterocycles. The van der Waals surface area contributed by atoms with Crippen LogP contribution in [0.4, 0.5) is 0 Å². The summed E-state index contributed by atoms with van der Waals surface area (Å²) < 4.78 is 15.6. The average Bonchev–Trinajstić information content (AvgIpc) is 1.81. The zero-order valence-corrected chi connectivity index (χ0v) is 12.0. The number of hydrogen-bond donors (Lipinski definition) is 0. The molecule has 0 spiro atoms. The van der Waals surface area contributed by atoms with Crippen molar-refractivity contribution in [1.82, 2.24) is 0 Å². The van der Waals surface area contributed by atoms with Crippen LogP contribution in [-0.2, 0) is 73.7 Å². The van der Waals surface area contributed by atoms with Gasteiger partial charge in [0.05, 0.1) is 0 Å². The van der Waals surface area contributed by atoms with E-state index in [4.69, 9.17) is 17.6 Å². The Balaban J connectivity index is -0.000000000238. The summed E-state index contributed by atoms with van der Waals surface area (Å²) in [6, 6.07) is 0. The van der Waals surface area contributed by atoms with Crippen molar-refractivity contribution in [3.8, 4) is 0 Å². The van der Waals surface area contributed by atoms with E-state index in [1.807, 2.05) is 0 Å². The summed E-state index contributed by atoms with van der Waals surface area (Å²) in [5.41, 5.74) is 0. The summed E-state index contributed by atoms with van der Waals surface area (Å²) >= 11 is 5.88. The third-order valence-electron chi connectivity index (χ3n) is 0. The van der Waals surface area contributed by atoms with E-state index in [1.165, 1.54) is 0 Å². The Morgan fingerprint density at radius 2 is 0.409 bits per heavy atom. The summed E-state index contributed by atoms with van der Waals surface area (Å²) in [7, 11) is 0. The third-order valence-corrected chi connectivity index (χ3v) is 0. The van der Waals surface area contributed by atoms with Crippen LogP contribution in [0.15, 0.2) is 0 Å². The fraction of sp³-hybridized carbons (Fsp3) is 1.00. The molecule has 2 radical (unpaired) electrons. The normalized spacial score (nSPS) is 0.727. The molecule has 0 aliphatic carbocycles. The molecule has 0 aromatic rings. The maximum atomic E-state index is 7.81. The van der Waals surface area contributed by atoms with Gasteiger partial charge in [0.1, 0.15) is 0 Å². The molecular formula is C9H44Cl4Cu4O5. The standard InChI is InChI=1S/9CH4.4ClH.4Cu.O2.H2O.2O.H2/c;;;;;;;;;;;;;;;;;1-2;;;;/h9*1H4;4*1H;;;;;;1H2;;;1H. The number of hydrogen-bond acceptors (Lipinski definition) is 4. The van der Waals surface area contributed by atoms with Crippen LogP contribution in [0.25, 0.3) is 0 Å². The Hall–Kier alpha value is 2.40. The van der Waals surface area contributed by atoms with Gasteiger partial charge in [-0.3, -0.25) is 0 Å². The number of rotatable bonds is 0. The molecule has 0 aliphatic heterocycles. The van der Waals surface area contributed by atoms with Crippen molar-refractivity contribution in [2.24, 2.45) is 0 Å². The molecule has 182 valence electrons. The predicted octanol–water partition coefficient (Wildman–Crippen LogP) is 6.65. The summed E-state index contributed by atoms with van der Waals surface area (Å²) in [6.07, 6.45) is 0. The molecule has 13 heteroatoms. The fourth-order valence-electron chi connectivity index (χ4n) is 0. The van der Waals surface area contributed by atoms with Gasteiger partial charge in [0.25, 0.3) is 0 Å². The Morgan fingerprint density at radius 3 is 0.409 bits per heavy atom. The molecule has 22 heavy (non-hydrogen) atoms. The van der Waals surface area contributed by atoms with Crippen LogP contribution >= 0.6 is 49.6 Å². The first kappa shape index (κ1) is 458. The van der Waals surface area contributed by atoms with Gasteiger partial charge in [-0.2, -0.15) is 0 Å². The van der Waals surface area contributed by atoms with Crippen molar-refractivity contribution < 1.29 is 80.6 Å². The van der Waals surface area contributed by atoms with Crippen LogP contribution < -0.4 is 0 Å². The van der Waals surface area contributed by atoms with Gasteiger partial charge < -0.3 is 5.48 Å². The summed E-state index contributed by atoms with van der Waals surface area (Å²) in [6.45, 7) is 0. The van der Waals surface area contributed by atoms with Crippen LogP contribution in [0.2, 0.25) is 0 Å². The molecule has 0 aromatic heterocycles. The fourth-order valence-corrected chi connectivity index (χ4v) is 0. The molecule has 0 unspecified atom stereocenters. The van der Waals surface area contributed by atoms with Gasteiger partial charge in [0.2, 0.25) is 0 Å². The predicted molar refractivity (Wildman–Crippen MR) is 103 cm³/mol. The van der Waals surface area contributed by atoms with E-state index in [1.54, 1.807) is 0 Å². The monoisotopic (exact) mass is 624 g/mol. The molecule has 2 N–H and O–H groups in total. The van der Waals surface area contributed by atoms with Gasteiger partial charge in [-0.05, 0) is 0 Å². The second kappa shape index (κ2) is 2040. The zero-order valence-electron chi connectivity index (χ0n) is 4.97. The SMILES string of the molecule is C.C.C.C.C.C.C.C.C.Cl.Cl.Cl.Cl.O.O=O.[Cu].[Cu].[HH].[O]=[Cu].[O]=[Cu]. The quantitative estimate of drug-likeness (QED) is 0.281. The summed E-state index contributed by atoms with van der Waals surface area (Å²) in [4.78, 5) is 14.0. The van der Waals surface area contributed by atoms with E-state index in [0.717, 1.165) is 0 Å². The maximum absolute atomic E-state index is 7.81. The van der Waals surface area contributed by atoms with Crippen molar-refractivity contribution in [3.63, 3.8) is 0 Å². The Bertz CT molecular complexity index is 52.7. The molecule has 0 amide bonds. The number of halogens is 4. The van der Waals surface area contributed by atoms with E-state index in [9.17, 15) is 0 Å². The minimum atomic E-state index is 0. The van der Waals surface area contributed by atoms with Gasteiger partial charge in [-0.1, -0.05) is 66.8 Å². The Kier molecular flexibility index (Phi) is 42500. The molecule has 0 saturated heterocycles. The van der Waals surface area contributed by atoms with Gasteiger partial charge in [-0.25, -0.2) is 0 Å². The molecule has 0 saturated carbocycles.